The van der Waals surface area contributed by atoms with E-state index in [0.717, 1.165) is 44.4 Å². The predicted molar refractivity (Wildman–Crippen MR) is 92.1 cm³/mol. The highest BCUT2D eigenvalue weighted by atomic mass is 32.2. The zero-order chi connectivity index (χ0) is 16.7. The van der Waals surface area contributed by atoms with Crippen LogP contribution in [0.25, 0.3) is 0 Å². The Labute approximate surface area is 140 Å². The highest BCUT2D eigenvalue weighted by Gasteiger charge is 2.24. The van der Waals surface area contributed by atoms with E-state index >= 15 is 0 Å². The molecule has 23 heavy (non-hydrogen) atoms. The van der Waals surface area contributed by atoms with Crippen LogP contribution in [0.5, 0.6) is 0 Å². The van der Waals surface area contributed by atoms with Crippen molar-refractivity contribution in [2.75, 3.05) is 58.2 Å². The molecule has 2 aliphatic heterocycles. The average molecular weight is 346 g/mol. The van der Waals surface area contributed by atoms with Gasteiger partial charge in [-0.2, -0.15) is 4.31 Å². The normalized spacial score (nSPS) is 22.3. The highest BCUT2D eigenvalue weighted by molar-refractivity contribution is 7.89. The molecule has 0 aromatic rings. The summed E-state index contributed by atoms with van der Waals surface area (Å²) < 4.78 is 31.3. The summed E-state index contributed by atoms with van der Waals surface area (Å²) in [5.74, 6) is 1.67. The summed E-state index contributed by atoms with van der Waals surface area (Å²) in [5, 5.41) is 3.28. The van der Waals surface area contributed by atoms with E-state index in [1.54, 1.807) is 0 Å². The fraction of sp³-hybridized carbons (Fsp3) is 0.933. The van der Waals surface area contributed by atoms with E-state index in [1.807, 2.05) is 6.92 Å². The molecular formula is C15H30N4O3S. The van der Waals surface area contributed by atoms with Crippen LogP contribution < -0.4 is 5.32 Å². The molecule has 0 aromatic heterocycles. The molecule has 0 bridgehead atoms. The molecule has 0 amide bonds. The van der Waals surface area contributed by atoms with Gasteiger partial charge in [-0.1, -0.05) is 6.92 Å². The van der Waals surface area contributed by atoms with Crippen LogP contribution in [0.2, 0.25) is 0 Å². The van der Waals surface area contributed by atoms with Crippen molar-refractivity contribution in [3.8, 4) is 0 Å². The van der Waals surface area contributed by atoms with Crippen LogP contribution in [0.1, 0.15) is 26.7 Å². The third-order valence-corrected chi connectivity index (χ3v) is 6.24. The third-order valence-electron chi connectivity index (χ3n) is 4.39. The molecule has 0 unspecified atom stereocenters. The molecule has 1 N–H and O–H groups in total. The minimum Gasteiger partial charge on any atom is -0.379 e. The molecule has 134 valence electrons. The van der Waals surface area contributed by atoms with Gasteiger partial charge in [0.05, 0.1) is 25.5 Å². The first-order chi connectivity index (χ1) is 11.0. The van der Waals surface area contributed by atoms with Crippen LogP contribution in [-0.4, -0.2) is 81.8 Å². The Morgan fingerprint density at radius 3 is 2.48 bits per heavy atom. The maximum absolute atomic E-state index is 12.3. The fourth-order valence-corrected chi connectivity index (χ4v) is 4.15. The molecule has 0 aliphatic carbocycles. The van der Waals surface area contributed by atoms with Gasteiger partial charge in [0.15, 0.2) is 5.96 Å². The Balaban J connectivity index is 1.89. The van der Waals surface area contributed by atoms with E-state index in [0.29, 0.717) is 32.8 Å². The predicted octanol–water partition coefficient (Wildman–Crippen LogP) is 0.346. The number of morpholine rings is 1. The number of hydrogen-bond acceptors (Lipinski definition) is 4. The van der Waals surface area contributed by atoms with Gasteiger partial charge >= 0.3 is 0 Å². The standard InChI is InChI=1S/C15H30N4O3S/c1-3-16-15(18-7-4-14(2)5-8-18)17-6-13-23(20,21)19-9-11-22-12-10-19/h14H,3-13H2,1-2H3,(H,16,17). The van der Waals surface area contributed by atoms with Gasteiger partial charge < -0.3 is 15.0 Å². The van der Waals surface area contributed by atoms with Gasteiger partial charge in [-0.15, -0.1) is 0 Å². The van der Waals surface area contributed by atoms with Crippen molar-refractivity contribution in [1.29, 1.82) is 0 Å². The van der Waals surface area contributed by atoms with Gasteiger partial charge in [-0.3, -0.25) is 4.99 Å². The fourth-order valence-electron chi connectivity index (χ4n) is 2.87. The Morgan fingerprint density at radius 1 is 1.22 bits per heavy atom. The minimum atomic E-state index is -3.23. The van der Waals surface area contributed by atoms with Crippen molar-refractivity contribution < 1.29 is 13.2 Å². The van der Waals surface area contributed by atoms with Gasteiger partial charge in [0.1, 0.15) is 0 Å². The van der Waals surface area contributed by atoms with Gasteiger partial charge in [0, 0.05) is 32.7 Å². The first kappa shape index (κ1) is 18.5. The van der Waals surface area contributed by atoms with Crippen LogP contribution in [0.15, 0.2) is 4.99 Å². The topological polar surface area (TPSA) is 74.2 Å². The first-order valence-corrected chi connectivity index (χ1v) is 10.2. The summed E-state index contributed by atoms with van der Waals surface area (Å²) in [6.45, 7) is 9.25. The summed E-state index contributed by atoms with van der Waals surface area (Å²) in [6.07, 6.45) is 2.33. The van der Waals surface area contributed by atoms with Crippen molar-refractivity contribution in [2.24, 2.45) is 10.9 Å². The molecule has 2 heterocycles. The molecule has 2 aliphatic rings. The van der Waals surface area contributed by atoms with Gasteiger partial charge in [0.25, 0.3) is 0 Å². The third kappa shape index (κ3) is 5.61. The number of piperidine rings is 1. The second kappa shape index (κ2) is 8.84. The minimum absolute atomic E-state index is 0.0616. The second-order valence-corrected chi connectivity index (χ2v) is 8.32. The van der Waals surface area contributed by atoms with Crippen LogP contribution in [0.3, 0.4) is 0 Å². The molecule has 2 saturated heterocycles. The molecule has 7 nitrogen and oxygen atoms in total. The molecule has 0 spiro atoms. The molecule has 0 radical (unpaired) electrons. The van der Waals surface area contributed by atoms with E-state index in [2.05, 4.69) is 22.1 Å². The molecule has 0 atom stereocenters. The Kier molecular flexibility index (Phi) is 7.10. The quantitative estimate of drug-likeness (QED) is 0.574. The number of sulfonamides is 1. The smallest absolute Gasteiger partial charge is 0.216 e. The second-order valence-electron chi connectivity index (χ2n) is 6.23. The molecular weight excluding hydrogens is 316 g/mol. The monoisotopic (exact) mass is 346 g/mol. The summed E-state index contributed by atoms with van der Waals surface area (Å²) in [4.78, 5) is 6.78. The maximum Gasteiger partial charge on any atom is 0.216 e. The van der Waals surface area contributed by atoms with Gasteiger partial charge in [0.2, 0.25) is 10.0 Å². The number of aliphatic imine (C=N–C) groups is 1. The molecule has 8 heteroatoms. The van der Waals surface area contributed by atoms with Crippen molar-refractivity contribution >= 4 is 16.0 Å². The Bertz CT molecular complexity index is 481. The number of rotatable bonds is 5. The number of nitrogens with zero attached hydrogens (tertiary/aromatic N) is 3. The summed E-state index contributed by atoms with van der Waals surface area (Å²) in [7, 11) is -3.23. The van der Waals surface area contributed by atoms with E-state index in [9.17, 15) is 8.42 Å². The summed E-state index contributed by atoms with van der Waals surface area (Å²) in [5.41, 5.74) is 0. The lowest BCUT2D eigenvalue weighted by molar-refractivity contribution is 0.0731. The number of likely N-dealkylation sites (tertiary alicyclic amines) is 1. The van der Waals surface area contributed by atoms with Crippen LogP contribution in [0, 0.1) is 5.92 Å². The SMILES string of the molecule is CCNC(=NCCS(=O)(=O)N1CCOCC1)N1CCC(C)CC1. The summed E-state index contributed by atoms with van der Waals surface area (Å²) in [6, 6.07) is 0. The van der Waals surface area contributed by atoms with Gasteiger partial charge in [-0.05, 0) is 25.7 Å². The summed E-state index contributed by atoms with van der Waals surface area (Å²) >= 11 is 0. The number of ether oxygens (including phenoxy) is 1. The van der Waals surface area contributed by atoms with Crippen LogP contribution in [0.4, 0.5) is 0 Å². The van der Waals surface area contributed by atoms with Crippen LogP contribution >= 0.6 is 0 Å². The largest absolute Gasteiger partial charge is 0.379 e. The lowest BCUT2D eigenvalue weighted by atomic mass is 10.00. The number of hydrogen-bond donors (Lipinski definition) is 1. The zero-order valence-corrected chi connectivity index (χ0v) is 15.1. The zero-order valence-electron chi connectivity index (χ0n) is 14.3. The van der Waals surface area contributed by atoms with Crippen molar-refractivity contribution in [2.45, 2.75) is 26.7 Å². The van der Waals surface area contributed by atoms with E-state index in [1.165, 1.54) is 4.31 Å². The van der Waals surface area contributed by atoms with Gasteiger partial charge in [-0.25, -0.2) is 8.42 Å². The van der Waals surface area contributed by atoms with Crippen molar-refractivity contribution in [1.82, 2.24) is 14.5 Å². The Morgan fingerprint density at radius 2 is 1.87 bits per heavy atom. The number of nitrogens with one attached hydrogen (secondary N) is 1. The lowest BCUT2D eigenvalue weighted by Crippen LogP contribution is -2.46. The van der Waals surface area contributed by atoms with E-state index in [-0.39, 0.29) is 5.75 Å². The molecule has 0 aromatic carbocycles. The van der Waals surface area contributed by atoms with Crippen molar-refractivity contribution in [3.05, 3.63) is 0 Å². The van der Waals surface area contributed by atoms with E-state index in [4.69, 9.17) is 4.74 Å². The van der Waals surface area contributed by atoms with Crippen LogP contribution in [-0.2, 0) is 14.8 Å². The molecule has 0 saturated carbocycles. The molecule has 2 fully saturated rings. The molecule has 2 rings (SSSR count). The highest BCUT2D eigenvalue weighted by Crippen LogP contribution is 2.16. The first-order valence-electron chi connectivity index (χ1n) is 8.61. The number of guanidine groups is 1. The maximum atomic E-state index is 12.3. The van der Waals surface area contributed by atoms with E-state index < -0.39 is 10.0 Å². The lowest BCUT2D eigenvalue weighted by Gasteiger charge is -2.33. The van der Waals surface area contributed by atoms with Crippen molar-refractivity contribution in [3.63, 3.8) is 0 Å². The Hall–Kier alpha value is -0.860. The average Bonchev–Trinajstić information content (AvgIpc) is 2.56.